The number of carbonyl (C=O) groups is 1. The molecule has 0 bridgehead atoms. The summed E-state index contributed by atoms with van der Waals surface area (Å²) in [5.74, 6) is 0.702. The van der Waals surface area contributed by atoms with E-state index in [4.69, 9.17) is 9.47 Å². The van der Waals surface area contributed by atoms with Crippen LogP contribution in [0.25, 0.3) is 0 Å². The Morgan fingerprint density at radius 1 is 1.56 bits per heavy atom. The van der Waals surface area contributed by atoms with Gasteiger partial charge in [0, 0.05) is 17.7 Å². The van der Waals surface area contributed by atoms with Gasteiger partial charge in [-0.1, -0.05) is 0 Å². The van der Waals surface area contributed by atoms with Gasteiger partial charge < -0.3 is 9.47 Å². The van der Waals surface area contributed by atoms with Crippen LogP contribution in [0, 0.1) is 5.82 Å². The second-order valence-electron chi connectivity index (χ2n) is 4.24. The molecule has 1 aromatic rings. The van der Waals surface area contributed by atoms with E-state index in [-0.39, 0.29) is 23.1 Å². The Kier molecular flexibility index (Phi) is 4.11. The molecule has 1 heterocycles. The van der Waals surface area contributed by atoms with Crippen LogP contribution in [-0.2, 0) is 15.3 Å². The zero-order chi connectivity index (χ0) is 13.1. The first-order valence-corrected chi connectivity index (χ1v) is 6.79. The van der Waals surface area contributed by atoms with Gasteiger partial charge in [-0.15, -0.1) is 11.8 Å². The molecule has 1 aliphatic rings. The Labute approximate surface area is 110 Å². The molecule has 0 unspecified atom stereocenters. The van der Waals surface area contributed by atoms with E-state index in [0.29, 0.717) is 17.9 Å². The monoisotopic (exact) mass is 270 g/mol. The molecular weight excluding hydrogens is 255 g/mol. The molecule has 2 rings (SSSR count). The summed E-state index contributed by atoms with van der Waals surface area (Å²) in [7, 11) is 1.55. The SMILES string of the molecule is COc1ccc(F)cc1CS[C@H]1C[C@@H](C)OC1=O. The lowest BCUT2D eigenvalue weighted by Gasteiger charge is -2.10. The van der Waals surface area contributed by atoms with Crippen LogP contribution in [0.2, 0.25) is 0 Å². The summed E-state index contributed by atoms with van der Waals surface area (Å²) in [4.78, 5) is 11.5. The molecular formula is C13H15FO3S. The van der Waals surface area contributed by atoms with Crippen molar-refractivity contribution in [3.05, 3.63) is 29.6 Å². The maximum absolute atomic E-state index is 13.2. The molecule has 0 spiro atoms. The van der Waals surface area contributed by atoms with Gasteiger partial charge in [0.1, 0.15) is 22.9 Å². The fraction of sp³-hybridized carbons (Fsp3) is 0.462. The fourth-order valence-corrected chi connectivity index (χ4v) is 3.11. The van der Waals surface area contributed by atoms with Crippen molar-refractivity contribution in [1.82, 2.24) is 0 Å². The van der Waals surface area contributed by atoms with Gasteiger partial charge in [-0.2, -0.15) is 0 Å². The third-order valence-electron chi connectivity index (χ3n) is 2.81. The molecule has 98 valence electrons. The van der Waals surface area contributed by atoms with Crippen molar-refractivity contribution in [3.63, 3.8) is 0 Å². The highest BCUT2D eigenvalue weighted by molar-refractivity contribution is 7.99. The number of benzene rings is 1. The summed E-state index contributed by atoms with van der Waals surface area (Å²) >= 11 is 1.47. The molecule has 0 aliphatic carbocycles. The lowest BCUT2D eigenvalue weighted by atomic mass is 10.2. The molecule has 1 saturated heterocycles. The van der Waals surface area contributed by atoms with Crippen molar-refractivity contribution < 1.29 is 18.7 Å². The Morgan fingerprint density at radius 2 is 2.33 bits per heavy atom. The minimum Gasteiger partial charge on any atom is -0.496 e. The van der Waals surface area contributed by atoms with Crippen molar-refractivity contribution in [2.75, 3.05) is 7.11 Å². The number of cyclic esters (lactones) is 1. The van der Waals surface area contributed by atoms with Gasteiger partial charge in [-0.25, -0.2) is 4.39 Å². The summed E-state index contributed by atoms with van der Waals surface area (Å²) in [6.45, 7) is 1.88. The summed E-state index contributed by atoms with van der Waals surface area (Å²) in [6.07, 6.45) is 0.686. The number of ether oxygens (including phenoxy) is 2. The average Bonchev–Trinajstić information content (AvgIpc) is 2.65. The highest BCUT2D eigenvalue weighted by Crippen LogP contribution is 2.31. The lowest BCUT2D eigenvalue weighted by molar-refractivity contribution is -0.140. The number of rotatable bonds is 4. The Bertz CT molecular complexity index is 450. The summed E-state index contributed by atoms with van der Waals surface area (Å²) < 4.78 is 23.4. The second-order valence-corrected chi connectivity index (χ2v) is 5.43. The predicted molar refractivity (Wildman–Crippen MR) is 68.2 cm³/mol. The molecule has 0 amide bonds. The van der Waals surface area contributed by atoms with E-state index >= 15 is 0 Å². The Balaban J connectivity index is 2.01. The van der Waals surface area contributed by atoms with Gasteiger partial charge in [0.15, 0.2) is 0 Å². The first kappa shape index (κ1) is 13.2. The van der Waals surface area contributed by atoms with Crippen LogP contribution in [0.5, 0.6) is 5.75 Å². The second kappa shape index (κ2) is 5.61. The van der Waals surface area contributed by atoms with Crippen LogP contribution in [0.3, 0.4) is 0 Å². The first-order chi connectivity index (χ1) is 8.60. The summed E-state index contributed by atoms with van der Waals surface area (Å²) in [6, 6.07) is 4.40. The molecule has 2 atom stereocenters. The van der Waals surface area contributed by atoms with Gasteiger partial charge in [0.2, 0.25) is 0 Å². The normalized spacial score (nSPS) is 22.9. The third-order valence-corrected chi connectivity index (χ3v) is 4.07. The largest absolute Gasteiger partial charge is 0.496 e. The van der Waals surface area contributed by atoms with Gasteiger partial charge in [-0.05, 0) is 25.1 Å². The number of methoxy groups -OCH3 is 1. The minimum absolute atomic E-state index is 0.0237. The van der Waals surface area contributed by atoms with Crippen molar-refractivity contribution >= 4 is 17.7 Å². The maximum atomic E-state index is 13.2. The number of halogens is 1. The van der Waals surface area contributed by atoms with E-state index in [1.165, 1.54) is 23.9 Å². The molecule has 1 aromatic carbocycles. The summed E-state index contributed by atoms with van der Waals surface area (Å²) in [5.41, 5.74) is 0.759. The van der Waals surface area contributed by atoms with Crippen LogP contribution >= 0.6 is 11.8 Å². The van der Waals surface area contributed by atoms with Crippen molar-refractivity contribution in [2.24, 2.45) is 0 Å². The van der Waals surface area contributed by atoms with E-state index in [1.807, 2.05) is 6.92 Å². The third kappa shape index (κ3) is 2.96. The number of hydrogen-bond donors (Lipinski definition) is 0. The number of carbonyl (C=O) groups excluding carboxylic acids is 1. The average molecular weight is 270 g/mol. The topological polar surface area (TPSA) is 35.5 Å². The first-order valence-electron chi connectivity index (χ1n) is 5.74. The zero-order valence-corrected chi connectivity index (χ0v) is 11.1. The number of esters is 1. The molecule has 1 fully saturated rings. The Hall–Kier alpha value is -1.23. The Morgan fingerprint density at radius 3 is 2.94 bits per heavy atom. The van der Waals surface area contributed by atoms with E-state index in [9.17, 15) is 9.18 Å². The smallest absolute Gasteiger partial charge is 0.319 e. The van der Waals surface area contributed by atoms with Crippen molar-refractivity contribution in [3.8, 4) is 5.75 Å². The van der Waals surface area contributed by atoms with Gasteiger partial charge in [-0.3, -0.25) is 4.79 Å². The highest BCUT2D eigenvalue weighted by Gasteiger charge is 2.32. The van der Waals surface area contributed by atoms with E-state index in [0.717, 1.165) is 5.56 Å². The van der Waals surface area contributed by atoms with Crippen molar-refractivity contribution in [2.45, 2.75) is 30.5 Å². The van der Waals surface area contributed by atoms with Gasteiger partial charge >= 0.3 is 5.97 Å². The number of thioether (sulfide) groups is 1. The maximum Gasteiger partial charge on any atom is 0.319 e. The minimum atomic E-state index is -0.297. The lowest BCUT2D eigenvalue weighted by Crippen LogP contribution is -2.09. The molecule has 0 N–H and O–H groups in total. The van der Waals surface area contributed by atoms with E-state index < -0.39 is 0 Å². The quantitative estimate of drug-likeness (QED) is 0.788. The molecule has 5 heteroatoms. The molecule has 0 aromatic heterocycles. The molecule has 0 radical (unpaired) electrons. The standard InChI is InChI=1S/C13H15FO3S/c1-8-5-12(13(15)17-8)18-7-9-6-10(14)3-4-11(9)16-2/h3-4,6,8,12H,5,7H2,1-2H3/t8-,12+/m1/s1. The van der Waals surface area contributed by atoms with Crippen LogP contribution in [0.15, 0.2) is 18.2 Å². The van der Waals surface area contributed by atoms with Gasteiger partial charge in [0.25, 0.3) is 0 Å². The van der Waals surface area contributed by atoms with Crippen LogP contribution < -0.4 is 4.74 Å². The molecule has 1 aliphatic heterocycles. The van der Waals surface area contributed by atoms with E-state index in [1.54, 1.807) is 13.2 Å². The molecule has 18 heavy (non-hydrogen) atoms. The van der Waals surface area contributed by atoms with Crippen LogP contribution in [0.1, 0.15) is 18.9 Å². The van der Waals surface area contributed by atoms with E-state index in [2.05, 4.69) is 0 Å². The zero-order valence-electron chi connectivity index (χ0n) is 10.3. The molecule has 3 nitrogen and oxygen atoms in total. The van der Waals surface area contributed by atoms with Gasteiger partial charge in [0.05, 0.1) is 7.11 Å². The fourth-order valence-electron chi connectivity index (χ4n) is 1.91. The van der Waals surface area contributed by atoms with Crippen molar-refractivity contribution in [1.29, 1.82) is 0 Å². The molecule has 0 saturated carbocycles. The number of hydrogen-bond acceptors (Lipinski definition) is 4. The highest BCUT2D eigenvalue weighted by atomic mass is 32.2. The summed E-state index contributed by atoms with van der Waals surface area (Å²) in [5, 5.41) is -0.159. The van der Waals surface area contributed by atoms with Crippen LogP contribution in [-0.4, -0.2) is 24.4 Å². The van der Waals surface area contributed by atoms with Crippen LogP contribution in [0.4, 0.5) is 4.39 Å². The predicted octanol–water partition coefficient (Wildman–Crippen LogP) is 2.77.